The fourth-order valence-corrected chi connectivity index (χ4v) is 2.31. The quantitative estimate of drug-likeness (QED) is 0.626. The summed E-state index contributed by atoms with van der Waals surface area (Å²) >= 11 is 0. The molecule has 0 amide bonds. The summed E-state index contributed by atoms with van der Waals surface area (Å²) in [6.45, 7) is 4.47. The van der Waals surface area contributed by atoms with Gasteiger partial charge in [0.1, 0.15) is 0 Å². The fraction of sp³-hybridized carbons (Fsp3) is 1.00. The first-order valence-corrected chi connectivity index (χ1v) is 5.24. The van der Waals surface area contributed by atoms with E-state index < -0.39 is 5.60 Å². The number of piperidine rings is 1. The molecule has 2 heterocycles. The van der Waals surface area contributed by atoms with Crippen molar-refractivity contribution in [2.24, 2.45) is 5.92 Å². The van der Waals surface area contributed by atoms with Gasteiger partial charge in [-0.3, -0.25) is 0 Å². The Labute approximate surface area is 79.5 Å². The Morgan fingerprint density at radius 1 is 1.46 bits per heavy atom. The number of rotatable bonds is 1. The lowest BCUT2D eigenvalue weighted by molar-refractivity contribution is -0.0458. The van der Waals surface area contributed by atoms with Gasteiger partial charge in [0.25, 0.3) is 0 Å². The first-order chi connectivity index (χ1) is 6.21. The SMILES string of the molecule is CC1CCC(O)(C2CCOC2)CN1. The number of aliphatic hydroxyl groups is 1. The zero-order chi connectivity index (χ0) is 9.31. The van der Waals surface area contributed by atoms with E-state index in [0.29, 0.717) is 12.0 Å². The molecule has 0 saturated carbocycles. The van der Waals surface area contributed by atoms with Gasteiger partial charge in [-0.05, 0) is 26.2 Å². The molecule has 0 aliphatic carbocycles. The van der Waals surface area contributed by atoms with Crippen LogP contribution in [-0.4, -0.2) is 36.5 Å². The van der Waals surface area contributed by atoms with Gasteiger partial charge in [-0.25, -0.2) is 0 Å². The van der Waals surface area contributed by atoms with Gasteiger partial charge in [0.05, 0.1) is 12.2 Å². The van der Waals surface area contributed by atoms with Crippen LogP contribution in [0, 0.1) is 5.92 Å². The van der Waals surface area contributed by atoms with Crippen molar-refractivity contribution in [1.29, 1.82) is 0 Å². The molecular formula is C10H19NO2. The molecule has 2 aliphatic rings. The standard InChI is InChI=1S/C10H19NO2/c1-8-2-4-10(12,7-11-8)9-3-5-13-6-9/h8-9,11-12H,2-7H2,1H3. The van der Waals surface area contributed by atoms with E-state index in [9.17, 15) is 5.11 Å². The zero-order valence-electron chi connectivity index (χ0n) is 8.25. The third kappa shape index (κ3) is 1.87. The molecule has 0 aromatic heterocycles. The van der Waals surface area contributed by atoms with Crippen LogP contribution < -0.4 is 5.32 Å². The number of ether oxygens (including phenoxy) is 1. The van der Waals surface area contributed by atoms with Gasteiger partial charge in [-0.1, -0.05) is 0 Å². The Kier molecular flexibility index (Phi) is 2.58. The van der Waals surface area contributed by atoms with E-state index in [1.807, 2.05) is 0 Å². The van der Waals surface area contributed by atoms with Gasteiger partial charge in [-0.15, -0.1) is 0 Å². The second-order valence-corrected chi connectivity index (χ2v) is 4.48. The molecule has 3 atom stereocenters. The smallest absolute Gasteiger partial charge is 0.0823 e. The van der Waals surface area contributed by atoms with E-state index in [1.165, 1.54) is 0 Å². The summed E-state index contributed by atoms with van der Waals surface area (Å²) in [5.74, 6) is 0.354. The average molecular weight is 185 g/mol. The fourth-order valence-electron chi connectivity index (χ4n) is 2.31. The maximum atomic E-state index is 10.3. The molecule has 0 radical (unpaired) electrons. The van der Waals surface area contributed by atoms with Crippen molar-refractivity contribution in [1.82, 2.24) is 5.32 Å². The molecule has 3 unspecified atom stereocenters. The topological polar surface area (TPSA) is 41.5 Å². The van der Waals surface area contributed by atoms with Gasteiger partial charge < -0.3 is 15.2 Å². The zero-order valence-corrected chi connectivity index (χ0v) is 8.25. The summed E-state index contributed by atoms with van der Waals surface area (Å²) in [6.07, 6.45) is 3.02. The number of hydrogen-bond acceptors (Lipinski definition) is 3. The summed E-state index contributed by atoms with van der Waals surface area (Å²) in [5, 5.41) is 13.7. The molecule has 76 valence electrons. The van der Waals surface area contributed by atoms with Crippen molar-refractivity contribution in [3.63, 3.8) is 0 Å². The van der Waals surface area contributed by atoms with Crippen LogP contribution >= 0.6 is 0 Å². The molecule has 0 spiro atoms. The summed E-state index contributed by atoms with van der Waals surface area (Å²) < 4.78 is 5.31. The molecule has 0 aromatic carbocycles. The molecule has 2 aliphatic heterocycles. The molecule has 2 fully saturated rings. The molecule has 2 N–H and O–H groups in total. The Hall–Kier alpha value is -0.120. The first-order valence-electron chi connectivity index (χ1n) is 5.24. The summed E-state index contributed by atoms with van der Waals surface area (Å²) in [6, 6.07) is 0.558. The monoisotopic (exact) mass is 185 g/mol. The van der Waals surface area contributed by atoms with E-state index in [4.69, 9.17) is 4.74 Å². The normalized spacial score (nSPS) is 46.6. The van der Waals surface area contributed by atoms with Crippen molar-refractivity contribution in [2.75, 3.05) is 19.8 Å². The van der Waals surface area contributed by atoms with Gasteiger partial charge in [0.2, 0.25) is 0 Å². The van der Waals surface area contributed by atoms with Crippen molar-refractivity contribution >= 4 is 0 Å². The number of β-amino-alcohol motifs (C(OH)–C–C–N with tert-alkyl or cyclic N) is 1. The lowest BCUT2D eigenvalue weighted by atomic mass is 9.79. The minimum atomic E-state index is -0.497. The molecule has 0 aromatic rings. The van der Waals surface area contributed by atoms with Gasteiger partial charge in [0, 0.05) is 25.1 Å². The molecule has 3 nitrogen and oxygen atoms in total. The summed E-state index contributed by atoms with van der Waals surface area (Å²) in [5.41, 5.74) is -0.497. The first kappa shape index (κ1) is 9.44. The van der Waals surface area contributed by atoms with E-state index in [1.54, 1.807) is 0 Å². The van der Waals surface area contributed by atoms with Crippen molar-refractivity contribution < 1.29 is 9.84 Å². The molecular weight excluding hydrogens is 166 g/mol. The minimum absolute atomic E-state index is 0.354. The van der Waals surface area contributed by atoms with Crippen LogP contribution in [-0.2, 0) is 4.74 Å². The van der Waals surface area contributed by atoms with Gasteiger partial charge in [-0.2, -0.15) is 0 Å². The third-order valence-corrected chi connectivity index (χ3v) is 3.46. The molecule has 2 rings (SSSR count). The van der Waals surface area contributed by atoms with E-state index in [0.717, 1.165) is 39.0 Å². The molecule has 13 heavy (non-hydrogen) atoms. The van der Waals surface area contributed by atoms with Crippen molar-refractivity contribution in [3.05, 3.63) is 0 Å². The number of hydrogen-bond donors (Lipinski definition) is 2. The Morgan fingerprint density at radius 2 is 2.31 bits per heavy atom. The van der Waals surface area contributed by atoms with E-state index in [2.05, 4.69) is 12.2 Å². The summed E-state index contributed by atoms with van der Waals surface area (Å²) in [4.78, 5) is 0. The van der Waals surface area contributed by atoms with Crippen molar-refractivity contribution in [3.8, 4) is 0 Å². The van der Waals surface area contributed by atoms with Gasteiger partial charge in [0.15, 0.2) is 0 Å². The predicted octanol–water partition coefficient (Wildman–Crippen LogP) is 0.526. The second-order valence-electron chi connectivity index (χ2n) is 4.48. The highest BCUT2D eigenvalue weighted by Gasteiger charge is 2.40. The summed E-state index contributed by atoms with van der Waals surface area (Å²) in [7, 11) is 0. The van der Waals surface area contributed by atoms with E-state index in [-0.39, 0.29) is 0 Å². The Bertz CT molecular complexity index is 170. The predicted molar refractivity (Wildman–Crippen MR) is 50.6 cm³/mol. The maximum absolute atomic E-state index is 10.3. The highest BCUT2D eigenvalue weighted by atomic mass is 16.5. The largest absolute Gasteiger partial charge is 0.388 e. The highest BCUT2D eigenvalue weighted by Crippen LogP contribution is 2.32. The van der Waals surface area contributed by atoms with Crippen LogP contribution in [0.25, 0.3) is 0 Å². The Morgan fingerprint density at radius 3 is 2.85 bits per heavy atom. The Balaban J connectivity index is 1.95. The lowest BCUT2D eigenvalue weighted by Gasteiger charge is -2.39. The van der Waals surface area contributed by atoms with Crippen LogP contribution in [0.4, 0.5) is 0 Å². The lowest BCUT2D eigenvalue weighted by Crippen LogP contribution is -2.53. The van der Waals surface area contributed by atoms with E-state index >= 15 is 0 Å². The maximum Gasteiger partial charge on any atom is 0.0823 e. The molecule has 0 bridgehead atoms. The minimum Gasteiger partial charge on any atom is -0.388 e. The third-order valence-electron chi connectivity index (χ3n) is 3.46. The van der Waals surface area contributed by atoms with Crippen LogP contribution in [0.15, 0.2) is 0 Å². The van der Waals surface area contributed by atoms with Crippen LogP contribution in [0.5, 0.6) is 0 Å². The molecule has 3 heteroatoms. The van der Waals surface area contributed by atoms with Crippen LogP contribution in [0.2, 0.25) is 0 Å². The number of nitrogens with one attached hydrogen (secondary N) is 1. The van der Waals surface area contributed by atoms with Crippen LogP contribution in [0.3, 0.4) is 0 Å². The van der Waals surface area contributed by atoms with Gasteiger partial charge >= 0.3 is 0 Å². The second kappa shape index (κ2) is 3.56. The van der Waals surface area contributed by atoms with Crippen LogP contribution in [0.1, 0.15) is 26.2 Å². The highest BCUT2D eigenvalue weighted by molar-refractivity contribution is 4.94. The molecule has 2 saturated heterocycles. The average Bonchev–Trinajstić information content (AvgIpc) is 2.63. The van der Waals surface area contributed by atoms with Crippen molar-refractivity contribution in [2.45, 2.75) is 37.8 Å².